The van der Waals surface area contributed by atoms with Gasteiger partial charge in [-0.1, -0.05) is 13.8 Å². The van der Waals surface area contributed by atoms with Crippen LogP contribution in [0.2, 0.25) is 0 Å². The van der Waals surface area contributed by atoms with Gasteiger partial charge in [-0.2, -0.15) is 16.3 Å². The molecule has 2 rings (SSSR count). The standard InChI is InChI=1S/C15H21N3O2S/c1-10(2)8-20-15-12(16)3-4-14(18-15)17-7-13(19)11-5-6-21-9-11/h3-6,9-10,13,19H,7-8,16H2,1-2H3,(H,17,18). The topological polar surface area (TPSA) is 80.4 Å². The van der Waals surface area contributed by atoms with E-state index in [-0.39, 0.29) is 0 Å². The highest BCUT2D eigenvalue weighted by Gasteiger charge is 2.09. The molecule has 0 saturated carbocycles. The highest BCUT2D eigenvalue weighted by molar-refractivity contribution is 7.07. The first-order valence-electron chi connectivity index (χ1n) is 6.89. The molecule has 6 heteroatoms. The summed E-state index contributed by atoms with van der Waals surface area (Å²) in [6.07, 6.45) is -0.560. The van der Waals surface area contributed by atoms with Crippen LogP contribution in [0, 0.1) is 5.92 Å². The molecule has 0 aliphatic carbocycles. The lowest BCUT2D eigenvalue weighted by atomic mass is 10.2. The predicted octanol–water partition coefficient (Wildman–Crippen LogP) is 2.91. The third-order valence-corrected chi connectivity index (χ3v) is 3.55. The van der Waals surface area contributed by atoms with E-state index >= 15 is 0 Å². The molecule has 21 heavy (non-hydrogen) atoms. The van der Waals surface area contributed by atoms with Crippen molar-refractivity contribution in [3.63, 3.8) is 0 Å². The smallest absolute Gasteiger partial charge is 0.239 e. The third kappa shape index (κ3) is 4.61. The second-order valence-corrected chi connectivity index (χ2v) is 6.03. The van der Waals surface area contributed by atoms with Crippen LogP contribution in [0.5, 0.6) is 5.88 Å². The number of nitrogens with one attached hydrogen (secondary N) is 1. The number of aliphatic hydroxyl groups excluding tert-OH is 1. The zero-order valence-electron chi connectivity index (χ0n) is 12.2. The molecule has 1 atom stereocenters. The Hall–Kier alpha value is -1.79. The van der Waals surface area contributed by atoms with Crippen LogP contribution in [0.4, 0.5) is 11.5 Å². The first kappa shape index (κ1) is 15.6. The van der Waals surface area contributed by atoms with Crippen LogP contribution in [0.3, 0.4) is 0 Å². The van der Waals surface area contributed by atoms with Gasteiger partial charge in [0.25, 0.3) is 0 Å². The molecule has 0 aliphatic heterocycles. The zero-order chi connectivity index (χ0) is 15.2. The molecule has 114 valence electrons. The number of nitrogens with zero attached hydrogens (tertiary/aromatic N) is 1. The van der Waals surface area contributed by atoms with Gasteiger partial charge >= 0.3 is 0 Å². The molecule has 0 amide bonds. The van der Waals surface area contributed by atoms with E-state index in [1.807, 2.05) is 16.8 Å². The van der Waals surface area contributed by atoms with Crippen molar-refractivity contribution in [1.82, 2.24) is 4.98 Å². The first-order chi connectivity index (χ1) is 10.1. The molecular weight excluding hydrogens is 286 g/mol. The van der Waals surface area contributed by atoms with Crippen molar-refractivity contribution in [2.45, 2.75) is 20.0 Å². The lowest BCUT2D eigenvalue weighted by Crippen LogP contribution is -2.13. The summed E-state index contributed by atoms with van der Waals surface area (Å²) in [7, 11) is 0. The van der Waals surface area contributed by atoms with Gasteiger partial charge in [0.05, 0.1) is 18.4 Å². The number of hydrogen-bond donors (Lipinski definition) is 3. The summed E-state index contributed by atoms with van der Waals surface area (Å²) < 4.78 is 5.58. The fraction of sp³-hybridized carbons (Fsp3) is 0.400. The summed E-state index contributed by atoms with van der Waals surface area (Å²) in [5, 5.41) is 17.0. The maximum Gasteiger partial charge on any atom is 0.239 e. The summed E-state index contributed by atoms with van der Waals surface area (Å²) in [6, 6.07) is 5.43. The van der Waals surface area contributed by atoms with Gasteiger partial charge in [-0.25, -0.2) is 0 Å². The van der Waals surface area contributed by atoms with E-state index in [1.165, 1.54) is 0 Å². The number of anilines is 2. The molecule has 0 saturated heterocycles. The molecule has 2 aromatic rings. The van der Waals surface area contributed by atoms with E-state index in [2.05, 4.69) is 24.1 Å². The van der Waals surface area contributed by atoms with E-state index < -0.39 is 6.10 Å². The number of aliphatic hydroxyl groups is 1. The van der Waals surface area contributed by atoms with Crippen molar-refractivity contribution >= 4 is 22.8 Å². The van der Waals surface area contributed by atoms with Gasteiger partial charge in [0.2, 0.25) is 5.88 Å². The number of hydrogen-bond acceptors (Lipinski definition) is 6. The maximum absolute atomic E-state index is 10.0. The molecule has 0 aliphatic rings. The Balaban J connectivity index is 1.95. The second kappa shape index (κ2) is 7.28. The number of aromatic nitrogens is 1. The van der Waals surface area contributed by atoms with Gasteiger partial charge in [-0.15, -0.1) is 0 Å². The maximum atomic E-state index is 10.0. The summed E-state index contributed by atoms with van der Waals surface area (Å²) in [5.74, 6) is 1.47. The van der Waals surface area contributed by atoms with E-state index in [9.17, 15) is 5.11 Å². The fourth-order valence-corrected chi connectivity index (χ4v) is 2.40. The minimum atomic E-state index is -0.560. The Morgan fingerprint density at radius 1 is 1.38 bits per heavy atom. The van der Waals surface area contributed by atoms with Crippen molar-refractivity contribution in [2.75, 3.05) is 24.2 Å². The minimum Gasteiger partial charge on any atom is -0.476 e. The third-order valence-electron chi connectivity index (χ3n) is 2.85. The minimum absolute atomic E-state index is 0.386. The Bertz CT molecular complexity index is 558. The van der Waals surface area contributed by atoms with Gasteiger partial charge in [0.1, 0.15) is 5.82 Å². The fourth-order valence-electron chi connectivity index (χ4n) is 1.69. The number of ether oxygens (including phenoxy) is 1. The van der Waals surface area contributed by atoms with Crippen LogP contribution >= 0.6 is 11.3 Å². The molecule has 2 aromatic heterocycles. The average Bonchev–Trinajstić information content (AvgIpc) is 2.98. The Kier molecular flexibility index (Phi) is 5.41. The first-order valence-corrected chi connectivity index (χ1v) is 7.84. The van der Waals surface area contributed by atoms with Crippen molar-refractivity contribution in [2.24, 2.45) is 5.92 Å². The van der Waals surface area contributed by atoms with E-state index in [0.717, 1.165) is 5.56 Å². The van der Waals surface area contributed by atoms with Gasteiger partial charge in [0.15, 0.2) is 0 Å². The van der Waals surface area contributed by atoms with Crippen LogP contribution in [-0.2, 0) is 0 Å². The van der Waals surface area contributed by atoms with Crippen LogP contribution in [-0.4, -0.2) is 23.2 Å². The molecule has 0 radical (unpaired) electrons. The molecule has 5 nitrogen and oxygen atoms in total. The SMILES string of the molecule is CC(C)COc1nc(NCC(O)c2ccsc2)ccc1N. The van der Waals surface area contributed by atoms with Crippen LogP contribution < -0.4 is 15.8 Å². The summed E-state index contributed by atoms with van der Waals surface area (Å²) in [5.41, 5.74) is 7.26. The normalized spacial score (nSPS) is 12.4. The molecule has 0 aromatic carbocycles. The highest BCUT2D eigenvalue weighted by Crippen LogP contribution is 2.22. The summed E-state index contributed by atoms with van der Waals surface area (Å²) in [4.78, 5) is 4.33. The van der Waals surface area contributed by atoms with E-state index in [4.69, 9.17) is 10.5 Å². The second-order valence-electron chi connectivity index (χ2n) is 5.25. The molecule has 0 spiro atoms. The number of nitrogen functional groups attached to an aromatic ring is 1. The van der Waals surface area contributed by atoms with Gasteiger partial charge < -0.3 is 20.9 Å². The lowest BCUT2D eigenvalue weighted by Gasteiger charge is -2.14. The largest absolute Gasteiger partial charge is 0.476 e. The van der Waals surface area contributed by atoms with Crippen molar-refractivity contribution < 1.29 is 9.84 Å². The number of rotatable bonds is 7. The lowest BCUT2D eigenvalue weighted by molar-refractivity contribution is 0.192. The number of thiophene rings is 1. The van der Waals surface area contributed by atoms with E-state index in [1.54, 1.807) is 23.5 Å². The predicted molar refractivity (Wildman–Crippen MR) is 86.8 cm³/mol. The van der Waals surface area contributed by atoms with Gasteiger partial charge in [-0.05, 0) is 40.4 Å². The molecule has 0 fully saturated rings. The van der Waals surface area contributed by atoms with Crippen molar-refractivity contribution in [3.8, 4) is 5.88 Å². The number of pyridine rings is 1. The van der Waals surface area contributed by atoms with Crippen LogP contribution in [0.1, 0.15) is 25.5 Å². The number of nitrogens with two attached hydrogens (primary N) is 1. The van der Waals surface area contributed by atoms with E-state index in [0.29, 0.717) is 36.5 Å². The Labute approximate surface area is 128 Å². The quantitative estimate of drug-likeness (QED) is 0.733. The molecule has 0 bridgehead atoms. The average molecular weight is 307 g/mol. The molecule has 4 N–H and O–H groups in total. The Morgan fingerprint density at radius 3 is 2.86 bits per heavy atom. The van der Waals surface area contributed by atoms with Crippen LogP contribution in [0.25, 0.3) is 0 Å². The van der Waals surface area contributed by atoms with Crippen molar-refractivity contribution in [3.05, 3.63) is 34.5 Å². The van der Waals surface area contributed by atoms with Crippen molar-refractivity contribution in [1.29, 1.82) is 0 Å². The molecular formula is C15H21N3O2S. The molecule has 2 heterocycles. The zero-order valence-corrected chi connectivity index (χ0v) is 13.1. The van der Waals surface area contributed by atoms with Crippen LogP contribution in [0.15, 0.2) is 29.0 Å². The van der Waals surface area contributed by atoms with Gasteiger partial charge in [0, 0.05) is 6.54 Å². The summed E-state index contributed by atoms with van der Waals surface area (Å²) >= 11 is 1.56. The summed E-state index contributed by atoms with van der Waals surface area (Å²) in [6.45, 7) is 5.08. The Morgan fingerprint density at radius 2 is 2.19 bits per heavy atom. The molecule has 1 unspecified atom stereocenters. The highest BCUT2D eigenvalue weighted by atomic mass is 32.1. The van der Waals surface area contributed by atoms with Gasteiger partial charge in [-0.3, -0.25) is 0 Å². The monoisotopic (exact) mass is 307 g/mol.